The molecule has 2 aromatic carbocycles. The molecule has 0 saturated heterocycles. The van der Waals surface area contributed by atoms with Gasteiger partial charge in [0.2, 0.25) is 0 Å². The van der Waals surface area contributed by atoms with Gasteiger partial charge in [0.1, 0.15) is 11.5 Å². The number of para-hydroxylation sites is 1. The van der Waals surface area contributed by atoms with Crippen LogP contribution in [0.25, 0.3) is 22.5 Å². The van der Waals surface area contributed by atoms with Crippen molar-refractivity contribution in [2.75, 3.05) is 13.7 Å². The predicted molar refractivity (Wildman–Crippen MR) is 118 cm³/mol. The third kappa shape index (κ3) is 5.24. The molecule has 0 fully saturated rings. The fourth-order valence-corrected chi connectivity index (χ4v) is 3.43. The molecule has 0 aliphatic rings. The highest BCUT2D eigenvalue weighted by Crippen LogP contribution is 2.36. The van der Waals surface area contributed by atoms with E-state index in [2.05, 4.69) is 0 Å². The fraction of sp³-hybridized carbons (Fsp3) is 0.333. The van der Waals surface area contributed by atoms with Gasteiger partial charge in [-0.15, -0.1) is 0 Å². The van der Waals surface area contributed by atoms with E-state index in [0.29, 0.717) is 42.1 Å². The van der Waals surface area contributed by atoms with Gasteiger partial charge in [0.05, 0.1) is 44.2 Å². The summed E-state index contributed by atoms with van der Waals surface area (Å²) >= 11 is 0. The summed E-state index contributed by atoms with van der Waals surface area (Å²) in [5.41, 5.74) is 3.65. The topological polar surface area (TPSA) is 93.8 Å². The maximum atomic E-state index is 11.2. The number of carboxylic acid groups (broad SMARTS) is 1. The average molecular weight is 424 g/mol. The smallest absolute Gasteiger partial charge is 0.307 e. The van der Waals surface area contributed by atoms with Gasteiger partial charge in [-0.1, -0.05) is 25.1 Å². The lowest BCUT2D eigenvalue weighted by atomic mass is 10.0. The lowest BCUT2D eigenvalue weighted by Gasteiger charge is -2.14. The Morgan fingerprint density at radius 1 is 1.10 bits per heavy atom. The molecule has 3 rings (SSSR count). The molecule has 2 N–H and O–H groups in total. The van der Waals surface area contributed by atoms with Crippen LogP contribution in [0.15, 0.2) is 48.5 Å². The summed E-state index contributed by atoms with van der Waals surface area (Å²) in [6.45, 7) is 4.70. The number of hydrogen-bond acceptors (Lipinski definition) is 5. The van der Waals surface area contributed by atoms with Gasteiger partial charge < -0.3 is 19.7 Å². The van der Waals surface area contributed by atoms with Crippen LogP contribution < -0.4 is 9.47 Å². The first-order valence-electron chi connectivity index (χ1n) is 10.3. The van der Waals surface area contributed by atoms with Gasteiger partial charge in [-0.3, -0.25) is 9.48 Å². The molecule has 1 aromatic heterocycles. The zero-order valence-corrected chi connectivity index (χ0v) is 18.0. The standard InChI is InChI=1S/C24H28N2O5/c1-4-17(27)15-26-21(18-8-6-7-9-23(18)31-5-2)14-20(25-26)19-12-16(13-24(28)29)10-11-22(19)30-3/h6-12,14,17,27H,4-5,13,15H2,1-3H3,(H,28,29). The number of methoxy groups -OCH3 is 1. The third-order valence-electron chi connectivity index (χ3n) is 4.99. The van der Waals surface area contributed by atoms with Crippen molar-refractivity contribution < 1.29 is 24.5 Å². The summed E-state index contributed by atoms with van der Waals surface area (Å²) in [6.07, 6.45) is -0.0446. The van der Waals surface area contributed by atoms with Crippen LogP contribution >= 0.6 is 0 Å². The molecule has 1 atom stereocenters. The van der Waals surface area contributed by atoms with Gasteiger partial charge in [-0.2, -0.15) is 5.10 Å². The first-order valence-corrected chi connectivity index (χ1v) is 10.3. The number of aromatic nitrogens is 2. The number of benzene rings is 2. The predicted octanol–water partition coefficient (Wildman–Crippen LogP) is 4.02. The van der Waals surface area contributed by atoms with Crippen molar-refractivity contribution in [2.24, 2.45) is 0 Å². The fourth-order valence-electron chi connectivity index (χ4n) is 3.43. The molecule has 0 amide bonds. The second kappa shape index (κ2) is 10.1. The average Bonchev–Trinajstić information content (AvgIpc) is 3.17. The number of aliphatic hydroxyl groups is 1. The molecule has 3 aromatic rings. The van der Waals surface area contributed by atoms with Gasteiger partial charge in [-0.25, -0.2) is 0 Å². The molecule has 0 saturated carbocycles. The first-order chi connectivity index (χ1) is 15.0. The summed E-state index contributed by atoms with van der Waals surface area (Å²) in [7, 11) is 1.57. The Morgan fingerprint density at radius 2 is 1.87 bits per heavy atom. The van der Waals surface area contributed by atoms with Crippen molar-refractivity contribution in [3.8, 4) is 34.0 Å². The number of carboxylic acids is 1. The van der Waals surface area contributed by atoms with Crippen LogP contribution in [0.4, 0.5) is 0 Å². The molecule has 0 aliphatic carbocycles. The van der Waals surface area contributed by atoms with Gasteiger partial charge in [-0.05, 0) is 49.2 Å². The van der Waals surface area contributed by atoms with E-state index >= 15 is 0 Å². The Bertz CT molecular complexity index is 1040. The van der Waals surface area contributed by atoms with Crippen molar-refractivity contribution in [2.45, 2.75) is 39.3 Å². The number of nitrogens with zero attached hydrogens (tertiary/aromatic N) is 2. The lowest BCUT2D eigenvalue weighted by Crippen LogP contribution is -2.16. The van der Waals surface area contributed by atoms with Crippen molar-refractivity contribution in [3.63, 3.8) is 0 Å². The van der Waals surface area contributed by atoms with Gasteiger partial charge in [0.25, 0.3) is 0 Å². The van der Waals surface area contributed by atoms with Crippen molar-refractivity contribution in [1.82, 2.24) is 9.78 Å². The Morgan fingerprint density at radius 3 is 2.55 bits per heavy atom. The summed E-state index contributed by atoms with van der Waals surface area (Å²) in [4.78, 5) is 11.2. The largest absolute Gasteiger partial charge is 0.496 e. The van der Waals surface area contributed by atoms with E-state index < -0.39 is 12.1 Å². The number of ether oxygens (including phenoxy) is 2. The van der Waals surface area contributed by atoms with Crippen LogP contribution in [-0.2, 0) is 17.8 Å². The zero-order chi connectivity index (χ0) is 22.4. The molecule has 7 heteroatoms. The molecule has 164 valence electrons. The van der Waals surface area contributed by atoms with E-state index in [4.69, 9.17) is 19.7 Å². The normalized spacial score (nSPS) is 11.9. The highest BCUT2D eigenvalue weighted by molar-refractivity contribution is 5.77. The monoisotopic (exact) mass is 424 g/mol. The Balaban J connectivity index is 2.15. The molecule has 0 aliphatic heterocycles. The van der Waals surface area contributed by atoms with E-state index in [0.717, 1.165) is 17.0 Å². The number of carbonyl (C=O) groups is 1. The SMILES string of the molecule is CCOc1ccccc1-c1cc(-c2cc(CC(=O)O)ccc2OC)nn1CC(O)CC. The van der Waals surface area contributed by atoms with Gasteiger partial charge in [0.15, 0.2) is 0 Å². The Labute approximate surface area is 181 Å². The van der Waals surface area contributed by atoms with E-state index in [1.165, 1.54) is 0 Å². The van der Waals surface area contributed by atoms with E-state index in [1.807, 2.05) is 44.2 Å². The molecule has 31 heavy (non-hydrogen) atoms. The van der Waals surface area contributed by atoms with Crippen LogP contribution in [0.1, 0.15) is 25.8 Å². The highest BCUT2D eigenvalue weighted by atomic mass is 16.5. The molecular weight excluding hydrogens is 396 g/mol. The summed E-state index contributed by atoms with van der Waals surface area (Å²) in [5.74, 6) is 0.425. The Hall–Kier alpha value is -3.32. The third-order valence-corrected chi connectivity index (χ3v) is 4.99. The summed E-state index contributed by atoms with van der Waals surface area (Å²) in [6, 6.07) is 14.9. The molecule has 7 nitrogen and oxygen atoms in total. The lowest BCUT2D eigenvalue weighted by molar-refractivity contribution is -0.136. The second-order valence-corrected chi connectivity index (χ2v) is 7.19. The molecular formula is C24H28N2O5. The minimum atomic E-state index is -0.904. The van der Waals surface area contributed by atoms with Crippen LogP contribution in [-0.4, -0.2) is 45.8 Å². The molecule has 1 heterocycles. The van der Waals surface area contributed by atoms with Crippen LogP contribution in [0, 0.1) is 0 Å². The van der Waals surface area contributed by atoms with Crippen molar-refractivity contribution in [3.05, 3.63) is 54.1 Å². The number of aliphatic carboxylic acids is 1. The first kappa shape index (κ1) is 22.4. The Kier molecular flexibility index (Phi) is 7.31. The van der Waals surface area contributed by atoms with Gasteiger partial charge >= 0.3 is 5.97 Å². The maximum Gasteiger partial charge on any atom is 0.307 e. The quantitative estimate of drug-likeness (QED) is 0.511. The molecule has 0 bridgehead atoms. The highest BCUT2D eigenvalue weighted by Gasteiger charge is 2.19. The minimum absolute atomic E-state index is 0.0910. The maximum absolute atomic E-state index is 11.2. The number of hydrogen-bond donors (Lipinski definition) is 2. The van der Waals surface area contributed by atoms with Crippen molar-refractivity contribution >= 4 is 5.97 Å². The van der Waals surface area contributed by atoms with E-state index in [9.17, 15) is 9.90 Å². The number of rotatable bonds is 10. The second-order valence-electron chi connectivity index (χ2n) is 7.19. The summed E-state index contributed by atoms with van der Waals surface area (Å²) < 4.78 is 13.1. The summed E-state index contributed by atoms with van der Waals surface area (Å²) in [5, 5.41) is 24.2. The van der Waals surface area contributed by atoms with Crippen LogP contribution in [0.2, 0.25) is 0 Å². The van der Waals surface area contributed by atoms with Crippen LogP contribution in [0.3, 0.4) is 0 Å². The molecule has 0 spiro atoms. The minimum Gasteiger partial charge on any atom is -0.496 e. The van der Waals surface area contributed by atoms with Gasteiger partial charge in [0, 0.05) is 11.1 Å². The van der Waals surface area contributed by atoms with Crippen molar-refractivity contribution in [1.29, 1.82) is 0 Å². The number of aliphatic hydroxyl groups excluding tert-OH is 1. The molecule has 0 radical (unpaired) electrons. The molecule has 1 unspecified atom stereocenters. The van der Waals surface area contributed by atoms with E-state index in [1.54, 1.807) is 30.0 Å². The zero-order valence-electron chi connectivity index (χ0n) is 18.0. The van der Waals surface area contributed by atoms with Crippen LogP contribution in [0.5, 0.6) is 11.5 Å². The van der Waals surface area contributed by atoms with E-state index in [-0.39, 0.29) is 6.42 Å².